The lowest BCUT2D eigenvalue weighted by Gasteiger charge is -2.16. The number of fused-ring (bicyclic) bond motifs is 2. The molecule has 4 heterocycles. The van der Waals surface area contributed by atoms with E-state index in [0.717, 1.165) is 35.9 Å². The molecule has 0 bridgehead atoms. The molecular weight excluding hydrogens is 578 g/mol. The minimum absolute atomic E-state index is 0.169. The number of nitrogens with zero attached hydrogens (tertiary/aromatic N) is 6. The Morgan fingerprint density at radius 1 is 1.00 bits per heavy atom. The molecule has 0 spiro atoms. The van der Waals surface area contributed by atoms with E-state index in [0.29, 0.717) is 45.4 Å². The quantitative estimate of drug-likeness (QED) is 0.246. The molecule has 44 heavy (non-hydrogen) atoms. The van der Waals surface area contributed by atoms with Gasteiger partial charge in [0.05, 0.1) is 17.9 Å². The summed E-state index contributed by atoms with van der Waals surface area (Å²) in [5, 5.41) is 7.45. The van der Waals surface area contributed by atoms with Crippen LogP contribution in [0.3, 0.4) is 0 Å². The highest BCUT2D eigenvalue weighted by molar-refractivity contribution is 7.92. The second-order valence-electron chi connectivity index (χ2n) is 10.6. The van der Waals surface area contributed by atoms with Crippen molar-refractivity contribution < 1.29 is 13.2 Å². The van der Waals surface area contributed by atoms with E-state index >= 15 is 0 Å². The topological polar surface area (TPSA) is 163 Å². The third kappa shape index (κ3) is 5.13. The number of nitrogens with one attached hydrogen (secondary N) is 2. The Kier molecular flexibility index (Phi) is 6.58. The van der Waals surface area contributed by atoms with Crippen LogP contribution in [0, 0.1) is 0 Å². The van der Waals surface area contributed by atoms with Crippen molar-refractivity contribution in [3.63, 3.8) is 0 Å². The molecule has 4 aromatic heterocycles. The van der Waals surface area contributed by atoms with Crippen molar-refractivity contribution in [1.82, 2.24) is 34.6 Å². The van der Waals surface area contributed by atoms with Gasteiger partial charge in [-0.3, -0.25) is 14.1 Å². The van der Waals surface area contributed by atoms with Crippen molar-refractivity contribution >= 4 is 38.6 Å². The molecule has 0 aliphatic heterocycles. The van der Waals surface area contributed by atoms with Crippen molar-refractivity contribution in [2.24, 2.45) is 0 Å². The summed E-state index contributed by atoms with van der Waals surface area (Å²) in [5.74, 6) is 1.40. The molecule has 4 N–H and O–H groups in total. The zero-order valence-corrected chi connectivity index (χ0v) is 24.4. The number of benzene rings is 2. The largest absolute Gasteiger partial charge is 0.383 e. The number of hydrogen-bond donors (Lipinski definition) is 3. The van der Waals surface area contributed by atoms with Gasteiger partial charge in [0, 0.05) is 35.5 Å². The first-order valence-electron chi connectivity index (χ1n) is 13.9. The maximum atomic E-state index is 13.1. The lowest BCUT2D eigenvalue weighted by molar-refractivity contribution is 0.0936. The summed E-state index contributed by atoms with van der Waals surface area (Å²) in [6, 6.07) is 21.6. The van der Waals surface area contributed by atoms with E-state index in [-0.39, 0.29) is 11.9 Å². The molecule has 0 saturated carbocycles. The van der Waals surface area contributed by atoms with Crippen molar-refractivity contribution in [3.05, 3.63) is 108 Å². The second-order valence-corrected chi connectivity index (χ2v) is 12.3. The standard InChI is InChI=1S/C31H27N9O3S/c1-44(42,43)38-21-8-5-19(6-9-21)31(41)36-25-12-7-20-18-22(10-11-23(20)25)40-29(24-4-2-15-33-28(24)32)35-26-13-14-27(37-30(26)40)39-17-3-16-34-39/h2-6,8-11,13-18,25,38H,7,12H2,1H3,(H2,32,33)(H,36,41)/t25-/m0/s1. The molecule has 1 aliphatic rings. The summed E-state index contributed by atoms with van der Waals surface area (Å²) in [6.07, 6.45) is 7.77. The summed E-state index contributed by atoms with van der Waals surface area (Å²) >= 11 is 0. The van der Waals surface area contributed by atoms with Crippen molar-refractivity contribution in [3.8, 4) is 22.9 Å². The molecular formula is C31H27N9O3S. The molecule has 1 amide bonds. The van der Waals surface area contributed by atoms with E-state index in [1.165, 1.54) is 0 Å². The maximum absolute atomic E-state index is 13.1. The number of rotatable bonds is 7. The van der Waals surface area contributed by atoms with E-state index in [9.17, 15) is 13.2 Å². The van der Waals surface area contributed by atoms with Gasteiger partial charge in [0.1, 0.15) is 11.3 Å². The predicted octanol–water partition coefficient (Wildman–Crippen LogP) is 4.04. The highest BCUT2D eigenvalue weighted by Gasteiger charge is 2.26. The van der Waals surface area contributed by atoms with E-state index < -0.39 is 10.0 Å². The van der Waals surface area contributed by atoms with E-state index in [1.54, 1.807) is 41.3 Å². The minimum atomic E-state index is -3.40. The number of carbonyl (C=O) groups is 1. The lowest BCUT2D eigenvalue weighted by atomic mass is 10.1. The molecule has 1 atom stereocenters. The van der Waals surface area contributed by atoms with Gasteiger partial charge < -0.3 is 11.1 Å². The number of amides is 1. The number of imidazole rings is 1. The van der Waals surface area contributed by atoms with Gasteiger partial charge in [-0.05, 0) is 90.7 Å². The fourth-order valence-electron chi connectivity index (χ4n) is 5.55. The van der Waals surface area contributed by atoms with Crippen LogP contribution in [0.4, 0.5) is 11.5 Å². The van der Waals surface area contributed by atoms with Crippen molar-refractivity contribution in [2.45, 2.75) is 18.9 Å². The Labute approximate surface area is 252 Å². The predicted molar refractivity (Wildman–Crippen MR) is 167 cm³/mol. The molecule has 13 heteroatoms. The summed E-state index contributed by atoms with van der Waals surface area (Å²) in [6.45, 7) is 0. The van der Waals surface area contributed by atoms with Gasteiger partial charge in [-0.15, -0.1) is 0 Å². The molecule has 0 fully saturated rings. The van der Waals surface area contributed by atoms with Gasteiger partial charge in [-0.2, -0.15) is 5.10 Å². The van der Waals surface area contributed by atoms with Crippen LogP contribution < -0.4 is 15.8 Å². The van der Waals surface area contributed by atoms with Crippen LogP contribution in [0.25, 0.3) is 34.1 Å². The summed E-state index contributed by atoms with van der Waals surface area (Å²) in [5.41, 5.74) is 12.2. The fourth-order valence-corrected chi connectivity index (χ4v) is 6.11. The zero-order chi connectivity index (χ0) is 30.4. The number of carbonyl (C=O) groups excluding carboxylic acids is 1. The number of aryl methyl sites for hydroxylation is 1. The van der Waals surface area contributed by atoms with Crippen molar-refractivity contribution in [2.75, 3.05) is 16.7 Å². The Morgan fingerprint density at radius 2 is 1.84 bits per heavy atom. The Balaban J connectivity index is 1.23. The second kappa shape index (κ2) is 10.6. The van der Waals surface area contributed by atoms with Crippen LogP contribution in [0.15, 0.2) is 91.4 Å². The SMILES string of the molecule is CS(=O)(=O)Nc1ccc(C(=O)N[C@H]2CCc3cc(-n4c(-c5cccnc5N)nc5ccc(-n6cccn6)nc54)ccc32)cc1. The lowest BCUT2D eigenvalue weighted by Crippen LogP contribution is -2.27. The average Bonchev–Trinajstić information content (AvgIpc) is 3.76. The van der Waals surface area contributed by atoms with Gasteiger partial charge in [0.25, 0.3) is 5.91 Å². The van der Waals surface area contributed by atoms with Crippen LogP contribution >= 0.6 is 0 Å². The number of hydrogen-bond acceptors (Lipinski definition) is 8. The Morgan fingerprint density at radius 3 is 2.59 bits per heavy atom. The number of sulfonamides is 1. The molecule has 2 aromatic carbocycles. The van der Waals surface area contributed by atoms with Crippen LogP contribution in [-0.2, 0) is 16.4 Å². The third-order valence-electron chi connectivity index (χ3n) is 7.53. The van der Waals surface area contributed by atoms with Crippen LogP contribution in [0.5, 0.6) is 0 Å². The highest BCUT2D eigenvalue weighted by Crippen LogP contribution is 2.36. The van der Waals surface area contributed by atoms with Crippen LogP contribution in [0.1, 0.15) is 33.9 Å². The molecule has 12 nitrogen and oxygen atoms in total. The van der Waals surface area contributed by atoms with Crippen LogP contribution in [0.2, 0.25) is 0 Å². The first-order chi connectivity index (χ1) is 21.2. The summed E-state index contributed by atoms with van der Waals surface area (Å²) in [4.78, 5) is 27.2. The van der Waals surface area contributed by atoms with Gasteiger partial charge >= 0.3 is 0 Å². The average molecular weight is 606 g/mol. The molecule has 1 aliphatic carbocycles. The summed E-state index contributed by atoms with van der Waals surface area (Å²) < 4.78 is 29.1. The fraction of sp³-hybridized carbons (Fsp3) is 0.129. The summed E-state index contributed by atoms with van der Waals surface area (Å²) in [7, 11) is -3.40. The molecule has 6 aromatic rings. The molecule has 0 radical (unpaired) electrons. The normalized spacial score (nSPS) is 14.4. The minimum Gasteiger partial charge on any atom is -0.383 e. The molecule has 7 rings (SSSR count). The van der Waals surface area contributed by atoms with E-state index in [2.05, 4.69) is 26.2 Å². The van der Waals surface area contributed by atoms with Gasteiger partial charge in [-0.1, -0.05) is 6.07 Å². The molecule has 0 saturated heterocycles. The number of pyridine rings is 2. The van der Waals surface area contributed by atoms with Crippen molar-refractivity contribution in [1.29, 1.82) is 0 Å². The number of nitrogen functional groups attached to an aromatic ring is 1. The first kappa shape index (κ1) is 27.3. The monoisotopic (exact) mass is 605 g/mol. The van der Waals surface area contributed by atoms with Gasteiger partial charge in [0.15, 0.2) is 17.3 Å². The highest BCUT2D eigenvalue weighted by atomic mass is 32.2. The maximum Gasteiger partial charge on any atom is 0.251 e. The van der Waals surface area contributed by atoms with Crippen LogP contribution in [-0.4, -0.2) is 49.9 Å². The van der Waals surface area contributed by atoms with Gasteiger partial charge in [-0.25, -0.2) is 28.1 Å². The number of aromatic nitrogens is 6. The molecule has 0 unspecified atom stereocenters. The third-order valence-corrected chi connectivity index (χ3v) is 8.13. The first-order valence-corrected chi connectivity index (χ1v) is 15.7. The zero-order valence-electron chi connectivity index (χ0n) is 23.5. The Bertz CT molecular complexity index is 2140. The van der Waals surface area contributed by atoms with Gasteiger partial charge in [0.2, 0.25) is 10.0 Å². The number of anilines is 2. The van der Waals surface area contributed by atoms with E-state index in [1.807, 2.05) is 53.2 Å². The smallest absolute Gasteiger partial charge is 0.251 e. The Hall–Kier alpha value is -5.56. The number of nitrogens with two attached hydrogens (primary N) is 1. The van der Waals surface area contributed by atoms with E-state index in [4.69, 9.17) is 15.7 Å². The molecule has 220 valence electrons.